The molecule has 0 fully saturated rings. The largest absolute Gasteiger partial charge is 0.494 e. The zero-order chi connectivity index (χ0) is 11.4. The van der Waals surface area contributed by atoms with Crippen molar-refractivity contribution in [2.45, 2.75) is 19.3 Å². The van der Waals surface area contributed by atoms with Crippen LogP contribution in [-0.2, 0) is 0 Å². The summed E-state index contributed by atoms with van der Waals surface area (Å²) in [6.07, 6.45) is 2.79. The first kappa shape index (κ1) is 12.4. The molecule has 1 aromatic rings. The molecule has 0 radical (unpaired) electrons. The highest BCUT2D eigenvalue weighted by Gasteiger charge is 2.11. The van der Waals surface area contributed by atoms with E-state index in [0.717, 1.165) is 12.0 Å². The predicted octanol–water partition coefficient (Wildman–Crippen LogP) is 4.68. The van der Waals surface area contributed by atoms with Crippen molar-refractivity contribution >= 4 is 23.2 Å². The molecule has 0 aliphatic heterocycles. The monoisotopic (exact) mass is 244 g/mol. The van der Waals surface area contributed by atoms with Crippen molar-refractivity contribution in [1.29, 1.82) is 0 Å². The van der Waals surface area contributed by atoms with Gasteiger partial charge in [-0.3, -0.25) is 0 Å². The molecule has 0 bridgehead atoms. The van der Waals surface area contributed by atoms with E-state index in [9.17, 15) is 0 Å². The van der Waals surface area contributed by atoms with Crippen LogP contribution in [0.5, 0.6) is 5.75 Å². The summed E-state index contributed by atoms with van der Waals surface area (Å²) in [5.41, 5.74) is 1.10. The minimum atomic E-state index is 0.364. The molecule has 3 heteroatoms. The van der Waals surface area contributed by atoms with E-state index in [4.69, 9.17) is 27.9 Å². The van der Waals surface area contributed by atoms with Gasteiger partial charge in [0, 0.05) is 0 Å². The van der Waals surface area contributed by atoms with E-state index in [0.29, 0.717) is 21.7 Å². The lowest BCUT2D eigenvalue weighted by Crippen LogP contribution is -1.94. The highest BCUT2D eigenvalue weighted by atomic mass is 35.5. The molecule has 82 valence electrons. The third-order valence-corrected chi connectivity index (χ3v) is 2.88. The summed E-state index contributed by atoms with van der Waals surface area (Å²) in [6, 6.07) is 3.78. The molecule has 0 aromatic heterocycles. The van der Waals surface area contributed by atoms with Gasteiger partial charge in [-0.1, -0.05) is 36.2 Å². The number of hydrogen-bond acceptors (Lipinski definition) is 1. The fourth-order valence-corrected chi connectivity index (χ4v) is 2.10. The SMILES string of the molecule is C=CCC(C)c1cc(Cl)c(OC)c(Cl)c1. The van der Waals surface area contributed by atoms with Crippen LogP contribution in [0.15, 0.2) is 24.8 Å². The third kappa shape index (κ3) is 2.90. The van der Waals surface area contributed by atoms with E-state index in [1.165, 1.54) is 0 Å². The smallest absolute Gasteiger partial charge is 0.156 e. The molecule has 0 spiro atoms. The van der Waals surface area contributed by atoms with Crippen LogP contribution in [0.2, 0.25) is 10.0 Å². The summed E-state index contributed by atoms with van der Waals surface area (Å²) in [5.74, 6) is 0.899. The van der Waals surface area contributed by atoms with Crippen molar-refractivity contribution in [2.75, 3.05) is 7.11 Å². The Morgan fingerprint density at radius 1 is 1.40 bits per heavy atom. The Morgan fingerprint density at radius 2 is 1.93 bits per heavy atom. The number of halogens is 2. The Labute approximate surface area is 101 Å². The molecule has 0 saturated heterocycles. The Balaban J connectivity index is 3.07. The standard InChI is InChI=1S/C12H14Cl2O/c1-4-5-8(2)9-6-10(13)12(15-3)11(14)7-9/h4,6-8H,1,5H2,2-3H3. The molecule has 0 N–H and O–H groups in total. The molecule has 0 aliphatic rings. The highest BCUT2D eigenvalue weighted by molar-refractivity contribution is 6.37. The van der Waals surface area contributed by atoms with Crippen LogP contribution in [-0.4, -0.2) is 7.11 Å². The van der Waals surface area contributed by atoms with Crippen LogP contribution >= 0.6 is 23.2 Å². The van der Waals surface area contributed by atoms with Crippen molar-refractivity contribution in [3.8, 4) is 5.75 Å². The number of hydrogen-bond donors (Lipinski definition) is 0. The van der Waals surface area contributed by atoms with Gasteiger partial charge in [0.05, 0.1) is 17.2 Å². The second kappa shape index (κ2) is 5.43. The minimum Gasteiger partial charge on any atom is -0.494 e. The van der Waals surface area contributed by atoms with Crippen molar-refractivity contribution < 1.29 is 4.74 Å². The average molecular weight is 245 g/mol. The van der Waals surface area contributed by atoms with Crippen LogP contribution in [0, 0.1) is 0 Å². The molecule has 1 atom stereocenters. The maximum absolute atomic E-state index is 6.04. The van der Waals surface area contributed by atoms with Gasteiger partial charge in [0.25, 0.3) is 0 Å². The Hall–Kier alpha value is -0.660. The molecule has 1 unspecified atom stereocenters. The van der Waals surface area contributed by atoms with Gasteiger partial charge in [-0.2, -0.15) is 0 Å². The zero-order valence-corrected chi connectivity index (χ0v) is 10.4. The summed E-state index contributed by atoms with van der Waals surface area (Å²) in [7, 11) is 1.56. The van der Waals surface area contributed by atoms with Crippen LogP contribution in [0.1, 0.15) is 24.8 Å². The van der Waals surface area contributed by atoms with Crippen molar-refractivity contribution in [1.82, 2.24) is 0 Å². The third-order valence-electron chi connectivity index (χ3n) is 2.31. The van der Waals surface area contributed by atoms with E-state index in [-0.39, 0.29) is 0 Å². The van der Waals surface area contributed by atoms with E-state index in [1.54, 1.807) is 7.11 Å². The molecular weight excluding hydrogens is 231 g/mol. The second-order valence-corrected chi connectivity index (χ2v) is 4.26. The minimum absolute atomic E-state index is 0.364. The molecule has 0 amide bonds. The van der Waals surface area contributed by atoms with E-state index >= 15 is 0 Å². The summed E-state index contributed by atoms with van der Waals surface area (Å²) in [6.45, 7) is 5.82. The topological polar surface area (TPSA) is 9.23 Å². The number of ether oxygens (including phenoxy) is 1. The van der Waals surface area contributed by atoms with Crippen LogP contribution in [0.3, 0.4) is 0 Å². The molecule has 0 aliphatic carbocycles. The molecule has 0 saturated carbocycles. The average Bonchev–Trinajstić information content (AvgIpc) is 2.17. The molecular formula is C12H14Cl2O. The summed E-state index contributed by atoms with van der Waals surface area (Å²) in [5, 5.41) is 1.10. The first-order chi connectivity index (χ1) is 7.10. The Bertz CT molecular complexity index is 338. The van der Waals surface area contributed by atoms with E-state index in [1.807, 2.05) is 18.2 Å². The Morgan fingerprint density at radius 3 is 2.33 bits per heavy atom. The van der Waals surface area contributed by atoms with Crippen LogP contribution in [0.25, 0.3) is 0 Å². The van der Waals surface area contributed by atoms with E-state index in [2.05, 4.69) is 13.5 Å². The molecule has 15 heavy (non-hydrogen) atoms. The van der Waals surface area contributed by atoms with Gasteiger partial charge in [0.2, 0.25) is 0 Å². The van der Waals surface area contributed by atoms with Gasteiger partial charge in [-0.15, -0.1) is 6.58 Å². The van der Waals surface area contributed by atoms with Crippen LogP contribution < -0.4 is 4.74 Å². The van der Waals surface area contributed by atoms with Crippen molar-refractivity contribution in [3.05, 3.63) is 40.4 Å². The summed E-state index contributed by atoms with van der Waals surface area (Å²) in [4.78, 5) is 0. The maximum atomic E-state index is 6.04. The lowest BCUT2D eigenvalue weighted by atomic mass is 9.98. The molecule has 1 nitrogen and oxygen atoms in total. The lowest BCUT2D eigenvalue weighted by molar-refractivity contribution is 0.415. The number of benzene rings is 1. The number of methoxy groups -OCH3 is 1. The van der Waals surface area contributed by atoms with Gasteiger partial charge < -0.3 is 4.74 Å². The highest BCUT2D eigenvalue weighted by Crippen LogP contribution is 2.36. The number of allylic oxidation sites excluding steroid dienone is 1. The van der Waals surface area contributed by atoms with Crippen LogP contribution in [0.4, 0.5) is 0 Å². The normalized spacial score (nSPS) is 12.3. The van der Waals surface area contributed by atoms with Gasteiger partial charge in [0.1, 0.15) is 0 Å². The molecule has 1 aromatic carbocycles. The molecule has 1 rings (SSSR count). The second-order valence-electron chi connectivity index (χ2n) is 3.44. The fourth-order valence-electron chi connectivity index (χ4n) is 1.45. The van der Waals surface area contributed by atoms with Crippen molar-refractivity contribution in [2.24, 2.45) is 0 Å². The lowest BCUT2D eigenvalue weighted by Gasteiger charge is -2.13. The fraction of sp³-hybridized carbons (Fsp3) is 0.333. The van der Waals surface area contributed by atoms with Gasteiger partial charge in [-0.25, -0.2) is 0 Å². The summed E-state index contributed by atoms with van der Waals surface area (Å²) < 4.78 is 5.09. The quantitative estimate of drug-likeness (QED) is 0.699. The summed E-state index contributed by atoms with van der Waals surface area (Å²) >= 11 is 12.1. The Kier molecular flexibility index (Phi) is 4.49. The number of rotatable bonds is 4. The predicted molar refractivity (Wildman–Crippen MR) is 66.2 cm³/mol. The van der Waals surface area contributed by atoms with Crippen molar-refractivity contribution in [3.63, 3.8) is 0 Å². The van der Waals surface area contributed by atoms with E-state index < -0.39 is 0 Å². The first-order valence-corrected chi connectivity index (χ1v) is 5.49. The zero-order valence-electron chi connectivity index (χ0n) is 8.89. The van der Waals surface area contributed by atoms with Gasteiger partial charge in [-0.05, 0) is 30.0 Å². The van der Waals surface area contributed by atoms with Gasteiger partial charge >= 0.3 is 0 Å². The molecule has 0 heterocycles. The maximum Gasteiger partial charge on any atom is 0.156 e. The first-order valence-electron chi connectivity index (χ1n) is 4.74. The van der Waals surface area contributed by atoms with Gasteiger partial charge in [0.15, 0.2) is 5.75 Å².